The summed E-state index contributed by atoms with van der Waals surface area (Å²) < 4.78 is 4.88. The number of nitrogens with zero attached hydrogens (tertiary/aromatic N) is 2. The van der Waals surface area contributed by atoms with Gasteiger partial charge in [-0.3, -0.25) is 0 Å². The highest BCUT2D eigenvalue weighted by Crippen LogP contribution is 2.21. The van der Waals surface area contributed by atoms with Crippen LogP contribution in [0.2, 0.25) is 0 Å². The van der Waals surface area contributed by atoms with Crippen LogP contribution in [0, 0.1) is 0 Å². The molecule has 4 N–H and O–H groups in total. The molecule has 1 aromatic carbocycles. The molecule has 0 aliphatic heterocycles. The molecule has 0 fully saturated rings. The van der Waals surface area contributed by atoms with Crippen LogP contribution in [0.25, 0.3) is 11.4 Å². The van der Waals surface area contributed by atoms with E-state index in [2.05, 4.69) is 10.1 Å². The standard InChI is InChI=1S/C10H11N3O3/c11-8(5-14)10-12-9(13-16-10)6-2-1-3-7(15)4-6/h1-4,8,14-15H,5,11H2. The molecule has 0 spiro atoms. The fourth-order valence-corrected chi connectivity index (χ4v) is 1.23. The van der Waals surface area contributed by atoms with E-state index in [0.29, 0.717) is 11.4 Å². The summed E-state index contributed by atoms with van der Waals surface area (Å²) in [5, 5.41) is 21.8. The van der Waals surface area contributed by atoms with Crippen LogP contribution in [-0.2, 0) is 0 Å². The van der Waals surface area contributed by atoms with E-state index in [4.69, 9.17) is 15.4 Å². The van der Waals surface area contributed by atoms with Gasteiger partial charge >= 0.3 is 0 Å². The number of aromatic nitrogens is 2. The Bertz CT molecular complexity index is 484. The van der Waals surface area contributed by atoms with E-state index in [1.165, 1.54) is 6.07 Å². The SMILES string of the molecule is NC(CO)c1nc(-c2cccc(O)c2)no1. The van der Waals surface area contributed by atoms with Crippen molar-refractivity contribution in [3.8, 4) is 17.1 Å². The molecule has 84 valence electrons. The van der Waals surface area contributed by atoms with Gasteiger partial charge < -0.3 is 20.5 Å². The molecular formula is C10H11N3O3. The fourth-order valence-electron chi connectivity index (χ4n) is 1.23. The minimum absolute atomic E-state index is 0.121. The van der Waals surface area contributed by atoms with Crippen molar-refractivity contribution in [3.05, 3.63) is 30.2 Å². The minimum Gasteiger partial charge on any atom is -0.508 e. The lowest BCUT2D eigenvalue weighted by Gasteiger charge is -1.98. The molecule has 0 saturated carbocycles. The Morgan fingerprint density at radius 1 is 1.44 bits per heavy atom. The summed E-state index contributed by atoms with van der Waals surface area (Å²) >= 11 is 0. The molecule has 0 amide bonds. The van der Waals surface area contributed by atoms with Gasteiger partial charge in [-0.25, -0.2) is 0 Å². The predicted octanol–water partition coefficient (Wildman–Crippen LogP) is 0.434. The smallest absolute Gasteiger partial charge is 0.246 e. The van der Waals surface area contributed by atoms with Gasteiger partial charge in [0.25, 0.3) is 0 Å². The van der Waals surface area contributed by atoms with Gasteiger partial charge in [0, 0.05) is 5.56 Å². The highest BCUT2D eigenvalue weighted by molar-refractivity contribution is 5.56. The van der Waals surface area contributed by atoms with Crippen molar-refractivity contribution in [1.29, 1.82) is 0 Å². The van der Waals surface area contributed by atoms with Gasteiger partial charge in [0.05, 0.1) is 6.61 Å². The van der Waals surface area contributed by atoms with Crippen molar-refractivity contribution in [2.45, 2.75) is 6.04 Å². The highest BCUT2D eigenvalue weighted by atomic mass is 16.5. The van der Waals surface area contributed by atoms with E-state index in [9.17, 15) is 5.11 Å². The van der Waals surface area contributed by atoms with Crippen LogP contribution in [0.5, 0.6) is 5.75 Å². The number of benzene rings is 1. The molecule has 1 atom stereocenters. The largest absolute Gasteiger partial charge is 0.508 e. The molecule has 0 saturated heterocycles. The van der Waals surface area contributed by atoms with Crippen LogP contribution in [0.4, 0.5) is 0 Å². The van der Waals surface area contributed by atoms with Crippen molar-refractivity contribution in [3.63, 3.8) is 0 Å². The van der Waals surface area contributed by atoms with Crippen molar-refractivity contribution < 1.29 is 14.7 Å². The van der Waals surface area contributed by atoms with E-state index in [-0.39, 0.29) is 18.2 Å². The lowest BCUT2D eigenvalue weighted by atomic mass is 10.2. The summed E-state index contributed by atoms with van der Waals surface area (Å²) in [6.45, 7) is -0.262. The summed E-state index contributed by atoms with van der Waals surface area (Å²) in [7, 11) is 0. The van der Waals surface area contributed by atoms with E-state index in [0.717, 1.165) is 0 Å². The van der Waals surface area contributed by atoms with Crippen LogP contribution in [0.1, 0.15) is 11.9 Å². The summed E-state index contributed by atoms with van der Waals surface area (Å²) in [6, 6.07) is 5.78. The molecule has 2 aromatic rings. The number of rotatable bonds is 3. The number of aliphatic hydroxyl groups is 1. The normalized spacial score (nSPS) is 12.6. The van der Waals surface area contributed by atoms with Crippen molar-refractivity contribution >= 4 is 0 Å². The second-order valence-corrected chi connectivity index (χ2v) is 3.30. The Labute approximate surface area is 91.3 Å². The zero-order chi connectivity index (χ0) is 11.5. The van der Waals surface area contributed by atoms with E-state index in [1.807, 2.05) is 0 Å². The van der Waals surface area contributed by atoms with Crippen molar-refractivity contribution in [1.82, 2.24) is 10.1 Å². The summed E-state index contributed by atoms with van der Waals surface area (Å²) in [4.78, 5) is 4.02. The monoisotopic (exact) mass is 221 g/mol. The zero-order valence-electron chi connectivity index (χ0n) is 8.37. The Morgan fingerprint density at radius 2 is 2.25 bits per heavy atom. The van der Waals surface area contributed by atoms with E-state index < -0.39 is 6.04 Å². The molecule has 0 bridgehead atoms. The molecule has 0 aliphatic carbocycles. The summed E-state index contributed by atoms with van der Waals surface area (Å²) in [5.74, 6) is 0.617. The lowest BCUT2D eigenvalue weighted by Crippen LogP contribution is -2.14. The molecular weight excluding hydrogens is 210 g/mol. The first-order chi connectivity index (χ1) is 7.70. The number of hydrogen-bond acceptors (Lipinski definition) is 6. The quantitative estimate of drug-likeness (QED) is 0.694. The van der Waals surface area contributed by atoms with Gasteiger partial charge in [0.1, 0.15) is 11.8 Å². The molecule has 1 aromatic heterocycles. The number of aromatic hydroxyl groups is 1. The Kier molecular flexibility index (Phi) is 2.84. The average Bonchev–Trinajstić information content (AvgIpc) is 2.77. The van der Waals surface area contributed by atoms with Gasteiger partial charge in [0.15, 0.2) is 0 Å². The van der Waals surface area contributed by atoms with Gasteiger partial charge in [-0.05, 0) is 12.1 Å². The summed E-state index contributed by atoms with van der Waals surface area (Å²) in [6.07, 6.45) is 0. The molecule has 0 radical (unpaired) electrons. The van der Waals surface area contributed by atoms with Gasteiger partial charge in [-0.1, -0.05) is 17.3 Å². The van der Waals surface area contributed by atoms with Gasteiger partial charge in [-0.2, -0.15) is 4.98 Å². The van der Waals surface area contributed by atoms with Crippen LogP contribution in [0.3, 0.4) is 0 Å². The Hall–Kier alpha value is -1.92. The van der Waals surface area contributed by atoms with E-state index >= 15 is 0 Å². The first-order valence-electron chi connectivity index (χ1n) is 4.70. The first-order valence-corrected chi connectivity index (χ1v) is 4.70. The van der Waals surface area contributed by atoms with Gasteiger partial charge in [-0.15, -0.1) is 0 Å². The summed E-state index contributed by atoms with van der Waals surface area (Å²) in [5.41, 5.74) is 6.15. The van der Waals surface area contributed by atoms with Crippen LogP contribution in [0.15, 0.2) is 28.8 Å². The number of nitrogens with two attached hydrogens (primary N) is 1. The van der Waals surface area contributed by atoms with Crippen LogP contribution >= 0.6 is 0 Å². The van der Waals surface area contributed by atoms with Crippen molar-refractivity contribution in [2.75, 3.05) is 6.61 Å². The maximum Gasteiger partial charge on any atom is 0.246 e. The topological polar surface area (TPSA) is 105 Å². The Morgan fingerprint density at radius 3 is 2.94 bits per heavy atom. The minimum atomic E-state index is -0.682. The zero-order valence-corrected chi connectivity index (χ0v) is 8.37. The highest BCUT2D eigenvalue weighted by Gasteiger charge is 2.14. The molecule has 1 unspecified atom stereocenters. The third-order valence-corrected chi connectivity index (χ3v) is 2.06. The maximum atomic E-state index is 9.29. The van der Waals surface area contributed by atoms with Crippen LogP contribution < -0.4 is 5.73 Å². The molecule has 6 nitrogen and oxygen atoms in total. The number of phenols is 1. The molecule has 6 heteroatoms. The molecule has 1 heterocycles. The first kappa shape index (κ1) is 10.6. The second kappa shape index (κ2) is 4.30. The van der Waals surface area contributed by atoms with Crippen molar-refractivity contribution in [2.24, 2.45) is 5.73 Å². The third-order valence-electron chi connectivity index (χ3n) is 2.06. The molecule has 0 aliphatic rings. The fraction of sp³-hybridized carbons (Fsp3) is 0.200. The average molecular weight is 221 g/mol. The molecule has 2 rings (SSSR count). The third kappa shape index (κ3) is 2.02. The maximum absolute atomic E-state index is 9.29. The van der Waals surface area contributed by atoms with E-state index in [1.54, 1.807) is 18.2 Å². The number of aliphatic hydroxyl groups excluding tert-OH is 1. The van der Waals surface area contributed by atoms with Crippen LogP contribution in [-0.4, -0.2) is 27.0 Å². The number of phenolic OH excluding ortho intramolecular Hbond substituents is 1. The molecule has 16 heavy (non-hydrogen) atoms. The lowest BCUT2D eigenvalue weighted by molar-refractivity contribution is 0.237. The second-order valence-electron chi connectivity index (χ2n) is 3.30. The predicted molar refractivity (Wildman–Crippen MR) is 55.4 cm³/mol. The number of hydrogen-bond donors (Lipinski definition) is 3. The Balaban J connectivity index is 2.31. The van der Waals surface area contributed by atoms with Gasteiger partial charge in [0.2, 0.25) is 11.7 Å².